The molecule has 0 bridgehead atoms. The van der Waals surface area contributed by atoms with E-state index in [1.165, 1.54) is 0 Å². The minimum Gasteiger partial charge on any atom is -0.368 e. The van der Waals surface area contributed by atoms with Crippen LogP contribution in [0.25, 0.3) is 10.8 Å². The molecule has 2 amide bonds. The van der Waals surface area contributed by atoms with Crippen LogP contribution < -0.4 is 11.1 Å². The summed E-state index contributed by atoms with van der Waals surface area (Å²) in [6.45, 7) is 0. The Hall–Kier alpha value is -2.56. The fraction of sp³-hybridized carbons (Fsp3) is 0.100. The summed E-state index contributed by atoms with van der Waals surface area (Å²) < 4.78 is 0. The summed E-state index contributed by atoms with van der Waals surface area (Å²) in [6, 6.07) is 17.2. The van der Waals surface area contributed by atoms with Gasteiger partial charge in [0.15, 0.2) is 0 Å². The molecule has 0 heterocycles. The van der Waals surface area contributed by atoms with Gasteiger partial charge in [0.1, 0.15) is 6.04 Å². The van der Waals surface area contributed by atoms with Gasteiger partial charge in [-0.2, -0.15) is 0 Å². The number of rotatable bonds is 5. The fourth-order valence-corrected chi connectivity index (χ4v) is 3.28. The third-order valence-corrected chi connectivity index (χ3v) is 4.84. The van der Waals surface area contributed by atoms with Gasteiger partial charge in [-0.1, -0.05) is 59.6 Å². The number of fused-ring (bicyclic) bond motifs is 1. The summed E-state index contributed by atoms with van der Waals surface area (Å²) in [5, 5.41) is 5.47. The van der Waals surface area contributed by atoms with Crippen LogP contribution in [0.1, 0.15) is 15.9 Å². The third kappa shape index (κ3) is 3.98. The SMILES string of the molecule is NC(=O)[C@H](Cc1c(Cl)cccc1Cl)NC(=O)c1ccc2ccccc2c1. The molecule has 0 saturated carbocycles. The molecule has 0 fully saturated rings. The quantitative estimate of drug-likeness (QED) is 0.695. The molecule has 132 valence electrons. The molecule has 3 rings (SSSR count). The van der Waals surface area contributed by atoms with Crippen molar-refractivity contribution in [3.8, 4) is 0 Å². The van der Waals surface area contributed by atoms with Crippen molar-refractivity contribution in [2.45, 2.75) is 12.5 Å². The first-order valence-electron chi connectivity index (χ1n) is 7.97. The molecule has 1 atom stereocenters. The zero-order valence-electron chi connectivity index (χ0n) is 13.7. The predicted octanol–water partition coefficient (Wildman–Crippen LogP) is 3.97. The second kappa shape index (κ2) is 7.77. The smallest absolute Gasteiger partial charge is 0.251 e. The largest absolute Gasteiger partial charge is 0.368 e. The predicted molar refractivity (Wildman–Crippen MR) is 105 cm³/mol. The van der Waals surface area contributed by atoms with Gasteiger partial charge >= 0.3 is 0 Å². The van der Waals surface area contributed by atoms with Crippen LogP contribution in [0.4, 0.5) is 0 Å². The van der Waals surface area contributed by atoms with E-state index in [2.05, 4.69) is 5.32 Å². The minimum atomic E-state index is -0.925. The molecule has 0 aromatic heterocycles. The lowest BCUT2D eigenvalue weighted by Gasteiger charge is -2.17. The topological polar surface area (TPSA) is 72.2 Å². The molecule has 0 radical (unpaired) electrons. The van der Waals surface area contributed by atoms with Crippen molar-refractivity contribution in [3.63, 3.8) is 0 Å². The van der Waals surface area contributed by atoms with Crippen LogP contribution >= 0.6 is 23.2 Å². The van der Waals surface area contributed by atoms with Crippen LogP contribution in [0.2, 0.25) is 10.0 Å². The van der Waals surface area contributed by atoms with Crippen LogP contribution in [0.3, 0.4) is 0 Å². The maximum absolute atomic E-state index is 12.6. The molecule has 3 N–H and O–H groups in total. The number of hydrogen-bond acceptors (Lipinski definition) is 2. The molecular formula is C20H16Cl2N2O2. The van der Waals surface area contributed by atoms with E-state index in [1.54, 1.807) is 30.3 Å². The number of amides is 2. The molecule has 0 unspecified atom stereocenters. The molecule has 3 aromatic carbocycles. The van der Waals surface area contributed by atoms with E-state index in [0.29, 0.717) is 21.2 Å². The Kier molecular flexibility index (Phi) is 5.45. The highest BCUT2D eigenvalue weighted by Gasteiger charge is 2.22. The van der Waals surface area contributed by atoms with Crippen molar-refractivity contribution >= 4 is 45.8 Å². The molecule has 0 saturated heterocycles. The maximum Gasteiger partial charge on any atom is 0.251 e. The molecule has 0 aliphatic carbocycles. The second-order valence-corrected chi connectivity index (χ2v) is 6.71. The maximum atomic E-state index is 12.6. The summed E-state index contributed by atoms with van der Waals surface area (Å²) in [4.78, 5) is 24.4. The van der Waals surface area contributed by atoms with E-state index in [9.17, 15) is 9.59 Å². The Labute approximate surface area is 160 Å². The standard InChI is InChI=1S/C20H16Cl2N2O2/c21-16-6-3-7-17(22)15(16)11-18(19(23)25)24-20(26)14-9-8-12-4-1-2-5-13(12)10-14/h1-10,18H,11H2,(H2,23,25)(H,24,26)/t18-/m0/s1. The minimum absolute atomic E-state index is 0.118. The van der Waals surface area contributed by atoms with Crippen molar-refractivity contribution in [2.75, 3.05) is 0 Å². The number of primary amides is 1. The van der Waals surface area contributed by atoms with Crippen molar-refractivity contribution in [1.82, 2.24) is 5.32 Å². The zero-order chi connectivity index (χ0) is 18.7. The van der Waals surface area contributed by atoms with Gasteiger partial charge in [0, 0.05) is 22.0 Å². The van der Waals surface area contributed by atoms with E-state index in [1.807, 2.05) is 30.3 Å². The second-order valence-electron chi connectivity index (χ2n) is 5.89. The Morgan fingerprint density at radius 3 is 2.23 bits per heavy atom. The van der Waals surface area contributed by atoms with Gasteiger partial charge < -0.3 is 11.1 Å². The van der Waals surface area contributed by atoms with Crippen LogP contribution in [-0.2, 0) is 11.2 Å². The van der Waals surface area contributed by atoms with Gasteiger partial charge in [-0.05, 0) is 40.6 Å². The van der Waals surface area contributed by atoms with Gasteiger partial charge in [0.05, 0.1) is 0 Å². The fourth-order valence-electron chi connectivity index (χ4n) is 2.73. The highest BCUT2D eigenvalue weighted by atomic mass is 35.5. The first kappa shape index (κ1) is 18.2. The molecule has 4 nitrogen and oxygen atoms in total. The monoisotopic (exact) mass is 386 g/mol. The molecular weight excluding hydrogens is 371 g/mol. The zero-order valence-corrected chi connectivity index (χ0v) is 15.2. The summed E-state index contributed by atoms with van der Waals surface area (Å²) in [7, 11) is 0. The van der Waals surface area contributed by atoms with E-state index >= 15 is 0 Å². The van der Waals surface area contributed by atoms with E-state index < -0.39 is 11.9 Å². The number of carbonyl (C=O) groups is 2. The molecule has 0 aliphatic heterocycles. The first-order chi connectivity index (χ1) is 12.5. The summed E-state index contributed by atoms with van der Waals surface area (Å²) in [6.07, 6.45) is 0.118. The van der Waals surface area contributed by atoms with Gasteiger partial charge in [0.25, 0.3) is 5.91 Å². The van der Waals surface area contributed by atoms with Crippen LogP contribution in [0.5, 0.6) is 0 Å². The highest BCUT2D eigenvalue weighted by molar-refractivity contribution is 6.36. The van der Waals surface area contributed by atoms with Crippen LogP contribution in [0.15, 0.2) is 60.7 Å². The van der Waals surface area contributed by atoms with Gasteiger partial charge in [-0.15, -0.1) is 0 Å². The summed E-state index contributed by atoms with van der Waals surface area (Å²) in [5.74, 6) is -1.04. The van der Waals surface area contributed by atoms with E-state index in [0.717, 1.165) is 10.8 Å². The Morgan fingerprint density at radius 2 is 1.58 bits per heavy atom. The van der Waals surface area contributed by atoms with Crippen LogP contribution in [-0.4, -0.2) is 17.9 Å². The lowest BCUT2D eigenvalue weighted by atomic mass is 10.0. The summed E-state index contributed by atoms with van der Waals surface area (Å²) >= 11 is 12.3. The van der Waals surface area contributed by atoms with Crippen LogP contribution in [0, 0.1) is 0 Å². The average molecular weight is 387 g/mol. The summed E-state index contributed by atoms with van der Waals surface area (Å²) in [5.41, 5.74) is 6.47. The number of nitrogens with one attached hydrogen (secondary N) is 1. The number of benzene rings is 3. The Balaban J connectivity index is 1.83. The highest BCUT2D eigenvalue weighted by Crippen LogP contribution is 2.25. The third-order valence-electron chi connectivity index (χ3n) is 4.13. The van der Waals surface area contributed by atoms with Crippen molar-refractivity contribution < 1.29 is 9.59 Å². The van der Waals surface area contributed by atoms with Gasteiger partial charge in [-0.25, -0.2) is 0 Å². The number of carbonyl (C=O) groups excluding carboxylic acids is 2. The Bertz CT molecular complexity index is 968. The number of nitrogens with two attached hydrogens (primary N) is 1. The van der Waals surface area contributed by atoms with Crippen molar-refractivity contribution in [1.29, 1.82) is 0 Å². The van der Waals surface area contributed by atoms with Crippen molar-refractivity contribution in [3.05, 3.63) is 81.8 Å². The lowest BCUT2D eigenvalue weighted by Crippen LogP contribution is -2.46. The average Bonchev–Trinajstić information content (AvgIpc) is 2.63. The van der Waals surface area contributed by atoms with Gasteiger partial charge in [0.2, 0.25) is 5.91 Å². The first-order valence-corrected chi connectivity index (χ1v) is 8.73. The normalized spacial score (nSPS) is 11.9. The molecule has 6 heteroatoms. The Morgan fingerprint density at radius 1 is 0.923 bits per heavy atom. The van der Waals surface area contributed by atoms with E-state index in [4.69, 9.17) is 28.9 Å². The number of hydrogen-bond donors (Lipinski definition) is 2. The van der Waals surface area contributed by atoms with E-state index in [-0.39, 0.29) is 12.3 Å². The molecule has 26 heavy (non-hydrogen) atoms. The lowest BCUT2D eigenvalue weighted by molar-refractivity contribution is -0.119. The number of halogens is 2. The van der Waals surface area contributed by atoms with Gasteiger partial charge in [-0.3, -0.25) is 9.59 Å². The van der Waals surface area contributed by atoms with Crippen molar-refractivity contribution in [2.24, 2.45) is 5.73 Å². The molecule has 0 aliphatic rings. The molecule has 3 aromatic rings. The molecule has 0 spiro atoms.